The first kappa shape index (κ1) is 17.3. The lowest BCUT2D eigenvalue weighted by Crippen LogP contribution is -2.31. The Morgan fingerprint density at radius 1 is 1.12 bits per heavy atom. The molecule has 1 amide bonds. The number of nitrogens with zero attached hydrogens (tertiary/aromatic N) is 2. The molecule has 16 heavy (non-hydrogen) atoms. The molecular formula is C10H23N3O3. The van der Waals surface area contributed by atoms with E-state index in [4.69, 9.17) is 0 Å². The van der Waals surface area contributed by atoms with Crippen LogP contribution < -0.4 is 5.32 Å². The molecule has 0 aromatic rings. The molecule has 0 aromatic carbocycles. The van der Waals surface area contributed by atoms with Crippen LogP contribution in [-0.4, -0.2) is 70.2 Å². The zero-order valence-electron chi connectivity index (χ0n) is 11.0. The van der Waals surface area contributed by atoms with Gasteiger partial charge >= 0.3 is 5.97 Å². The van der Waals surface area contributed by atoms with Crippen LogP contribution >= 0.6 is 0 Å². The number of ether oxygens (including phenoxy) is 1. The number of amides is 1. The summed E-state index contributed by atoms with van der Waals surface area (Å²) in [6, 6.07) is 0. The maximum Gasteiger partial charge on any atom is 0.319 e. The number of nitrogens with one attached hydrogen (secondary N) is 1. The molecule has 6 nitrogen and oxygen atoms in total. The fraction of sp³-hybridized carbons (Fsp3) is 0.800. The number of esters is 1. The summed E-state index contributed by atoms with van der Waals surface area (Å²) in [4.78, 5) is 24.2. The number of carbonyl (C=O) groups excluding carboxylic acids is 2. The number of hydrogen-bond acceptors (Lipinski definition) is 5. The van der Waals surface area contributed by atoms with Gasteiger partial charge in [0.2, 0.25) is 5.91 Å². The Morgan fingerprint density at radius 2 is 1.62 bits per heavy atom. The molecule has 0 aromatic heterocycles. The van der Waals surface area contributed by atoms with Crippen LogP contribution in [0.3, 0.4) is 0 Å². The SMILES string of the molecule is CC(=O)NCN(C)C.COC(=O)CN(C)C. The van der Waals surface area contributed by atoms with Gasteiger partial charge in [0.25, 0.3) is 0 Å². The van der Waals surface area contributed by atoms with Gasteiger partial charge in [0.1, 0.15) is 0 Å². The van der Waals surface area contributed by atoms with Crippen LogP contribution in [0.1, 0.15) is 6.92 Å². The summed E-state index contributed by atoms with van der Waals surface area (Å²) in [7, 11) is 8.81. The largest absolute Gasteiger partial charge is 0.468 e. The molecule has 0 aliphatic rings. The van der Waals surface area contributed by atoms with Crippen molar-refractivity contribution in [3.63, 3.8) is 0 Å². The van der Waals surface area contributed by atoms with Crippen LogP contribution in [0.5, 0.6) is 0 Å². The Hall–Kier alpha value is -1.14. The fourth-order valence-electron chi connectivity index (χ4n) is 0.592. The average Bonchev–Trinajstić information content (AvgIpc) is 2.14. The summed E-state index contributed by atoms with van der Waals surface area (Å²) in [5.74, 6) is -0.186. The molecule has 0 saturated heterocycles. The van der Waals surface area contributed by atoms with E-state index in [1.54, 1.807) is 4.90 Å². The van der Waals surface area contributed by atoms with Crippen molar-refractivity contribution in [3.8, 4) is 0 Å². The standard InChI is InChI=1S/C5H12N2O.C5H11NO2/c1-5(8)6-4-7(2)3;1-6(2)4-5(7)8-3/h4H2,1-3H3,(H,6,8);4H2,1-3H3. The molecule has 0 heterocycles. The van der Waals surface area contributed by atoms with Crippen molar-refractivity contribution in [3.05, 3.63) is 0 Å². The monoisotopic (exact) mass is 233 g/mol. The lowest BCUT2D eigenvalue weighted by atomic mass is 10.6. The summed E-state index contributed by atoms with van der Waals surface area (Å²) < 4.78 is 4.38. The summed E-state index contributed by atoms with van der Waals surface area (Å²) in [5.41, 5.74) is 0. The van der Waals surface area contributed by atoms with Crippen LogP contribution in [0.15, 0.2) is 0 Å². The van der Waals surface area contributed by atoms with Crippen molar-refractivity contribution in [2.75, 3.05) is 48.5 Å². The number of methoxy groups -OCH3 is 1. The van der Waals surface area contributed by atoms with E-state index >= 15 is 0 Å². The van der Waals surface area contributed by atoms with Crippen molar-refractivity contribution in [2.45, 2.75) is 6.92 Å². The highest BCUT2D eigenvalue weighted by atomic mass is 16.5. The second kappa shape index (κ2) is 10.4. The van der Waals surface area contributed by atoms with E-state index in [1.165, 1.54) is 14.0 Å². The molecule has 0 rings (SSSR count). The summed E-state index contributed by atoms with van der Waals surface area (Å²) >= 11 is 0. The lowest BCUT2D eigenvalue weighted by molar-refractivity contribution is -0.141. The minimum atomic E-state index is -0.199. The van der Waals surface area contributed by atoms with E-state index in [9.17, 15) is 9.59 Å². The summed E-state index contributed by atoms with van der Waals surface area (Å²) in [6.45, 7) is 2.48. The Balaban J connectivity index is 0. The molecule has 0 atom stereocenters. The molecule has 0 aliphatic carbocycles. The van der Waals surface area contributed by atoms with Gasteiger partial charge in [0.15, 0.2) is 0 Å². The van der Waals surface area contributed by atoms with Gasteiger partial charge < -0.3 is 10.1 Å². The summed E-state index contributed by atoms with van der Waals surface area (Å²) in [5, 5.41) is 2.63. The van der Waals surface area contributed by atoms with Gasteiger partial charge in [-0.2, -0.15) is 0 Å². The van der Waals surface area contributed by atoms with Gasteiger partial charge in [-0.15, -0.1) is 0 Å². The maximum atomic E-state index is 10.4. The maximum absolute atomic E-state index is 10.4. The Kier molecular flexibility index (Phi) is 11.2. The molecule has 0 bridgehead atoms. The van der Waals surface area contributed by atoms with Gasteiger partial charge in [0.05, 0.1) is 20.3 Å². The van der Waals surface area contributed by atoms with E-state index in [2.05, 4.69) is 10.1 Å². The van der Waals surface area contributed by atoms with Crippen LogP contribution in [0.2, 0.25) is 0 Å². The first-order valence-electron chi connectivity index (χ1n) is 4.90. The van der Waals surface area contributed by atoms with Crippen molar-refractivity contribution < 1.29 is 14.3 Å². The van der Waals surface area contributed by atoms with Crippen molar-refractivity contribution in [1.29, 1.82) is 0 Å². The van der Waals surface area contributed by atoms with Crippen LogP contribution in [0, 0.1) is 0 Å². The average molecular weight is 233 g/mol. The highest BCUT2D eigenvalue weighted by Crippen LogP contribution is 1.76. The second-order valence-corrected chi connectivity index (χ2v) is 3.78. The first-order chi connectivity index (χ1) is 7.29. The molecule has 0 fully saturated rings. The number of rotatable bonds is 4. The highest BCUT2D eigenvalue weighted by Gasteiger charge is 1.98. The Morgan fingerprint density at radius 3 is 1.75 bits per heavy atom. The van der Waals surface area contributed by atoms with Crippen LogP contribution in [-0.2, 0) is 14.3 Å². The first-order valence-corrected chi connectivity index (χ1v) is 4.90. The number of likely N-dealkylation sites (N-methyl/N-ethyl adjacent to an activating group) is 1. The third-order valence-corrected chi connectivity index (χ3v) is 1.32. The molecule has 0 saturated carbocycles. The van der Waals surface area contributed by atoms with Gasteiger partial charge in [0, 0.05) is 6.92 Å². The minimum absolute atomic E-state index is 0.0127. The molecular weight excluding hydrogens is 210 g/mol. The topological polar surface area (TPSA) is 61.9 Å². The molecule has 0 spiro atoms. The van der Waals surface area contributed by atoms with E-state index < -0.39 is 0 Å². The Labute approximate surface area is 97.5 Å². The normalized spacial score (nSPS) is 9.50. The van der Waals surface area contributed by atoms with Gasteiger partial charge in [-0.3, -0.25) is 19.4 Å². The molecule has 0 radical (unpaired) electrons. The zero-order chi connectivity index (χ0) is 13.1. The summed E-state index contributed by atoms with van der Waals surface area (Å²) in [6.07, 6.45) is 0. The second-order valence-electron chi connectivity index (χ2n) is 3.78. The predicted octanol–water partition coefficient (Wildman–Crippen LogP) is -0.637. The molecule has 6 heteroatoms. The van der Waals surface area contributed by atoms with Crippen LogP contribution in [0.25, 0.3) is 0 Å². The van der Waals surface area contributed by atoms with Crippen molar-refractivity contribution in [1.82, 2.24) is 15.1 Å². The van der Waals surface area contributed by atoms with Crippen molar-refractivity contribution in [2.24, 2.45) is 0 Å². The van der Waals surface area contributed by atoms with Gasteiger partial charge in [-0.05, 0) is 28.2 Å². The van der Waals surface area contributed by atoms with E-state index in [1.807, 2.05) is 33.1 Å². The quantitative estimate of drug-likeness (QED) is 0.517. The van der Waals surface area contributed by atoms with E-state index in [0.717, 1.165) is 0 Å². The highest BCUT2D eigenvalue weighted by molar-refractivity contribution is 5.72. The minimum Gasteiger partial charge on any atom is -0.468 e. The third kappa shape index (κ3) is 18.6. The molecule has 0 unspecified atom stereocenters. The Bertz CT molecular complexity index is 205. The van der Waals surface area contributed by atoms with Crippen LogP contribution in [0.4, 0.5) is 0 Å². The van der Waals surface area contributed by atoms with E-state index in [0.29, 0.717) is 13.2 Å². The number of hydrogen-bond donors (Lipinski definition) is 1. The zero-order valence-corrected chi connectivity index (χ0v) is 11.0. The molecule has 96 valence electrons. The van der Waals surface area contributed by atoms with Gasteiger partial charge in [-0.1, -0.05) is 0 Å². The number of carbonyl (C=O) groups is 2. The molecule has 1 N–H and O–H groups in total. The van der Waals surface area contributed by atoms with Gasteiger partial charge in [-0.25, -0.2) is 0 Å². The smallest absolute Gasteiger partial charge is 0.319 e. The van der Waals surface area contributed by atoms with Crippen molar-refractivity contribution >= 4 is 11.9 Å². The third-order valence-electron chi connectivity index (χ3n) is 1.32. The molecule has 0 aliphatic heterocycles. The fourth-order valence-corrected chi connectivity index (χ4v) is 0.592. The predicted molar refractivity (Wildman–Crippen MR) is 62.9 cm³/mol. The lowest BCUT2D eigenvalue weighted by Gasteiger charge is -2.08. The van der Waals surface area contributed by atoms with E-state index in [-0.39, 0.29) is 11.9 Å².